The van der Waals surface area contributed by atoms with Crippen LogP contribution in [0.3, 0.4) is 0 Å². The van der Waals surface area contributed by atoms with Gasteiger partial charge < -0.3 is 15.7 Å². The summed E-state index contributed by atoms with van der Waals surface area (Å²) in [5.74, 6) is -0.129. The second-order valence-corrected chi connectivity index (χ2v) is 4.22. The number of carbonyl (C=O) groups is 1. The Morgan fingerprint density at radius 3 is 3.00 bits per heavy atom. The summed E-state index contributed by atoms with van der Waals surface area (Å²) in [5.41, 5.74) is 5.87. The van der Waals surface area contributed by atoms with E-state index in [0.29, 0.717) is 31.7 Å². The lowest BCUT2D eigenvalue weighted by Gasteiger charge is -2.17. The molecule has 0 aliphatic heterocycles. The first-order chi connectivity index (χ1) is 7.72. The van der Waals surface area contributed by atoms with Gasteiger partial charge in [0.15, 0.2) is 0 Å². The summed E-state index contributed by atoms with van der Waals surface area (Å²) in [4.78, 5) is 17.7. The molecule has 1 amide bonds. The quantitative estimate of drug-likeness (QED) is 0.742. The second kappa shape index (κ2) is 6.57. The summed E-state index contributed by atoms with van der Waals surface area (Å²) in [6, 6.07) is 0. The van der Waals surface area contributed by atoms with Crippen LogP contribution in [0.4, 0.5) is 0 Å². The minimum absolute atomic E-state index is 0.0284. The van der Waals surface area contributed by atoms with Gasteiger partial charge in [0.05, 0.1) is 11.6 Å². The third kappa shape index (κ3) is 3.26. The number of amides is 1. The molecule has 6 heteroatoms. The normalized spacial score (nSPS) is 10.4. The monoisotopic (exact) mass is 243 g/mol. The number of carbonyl (C=O) groups excluding carboxylic acids is 1. The van der Waals surface area contributed by atoms with Gasteiger partial charge >= 0.3 is 0 Å². The van der Waals surface area contributed by atoms with E-state index in [1.54, 1.807) is 10.3 Å². The Balaban J connectivity index is 2.70. The molecule has 0 aliphatic rings. The fraction of sp³-hybridized carbons (Fsp3) is 0.600. The van der Waals surface area contributed by atoms with Gasteiger partial charge in [0.25, 0.3) is 5.91 Å². The minimum Gasteiger partial charge on any atom is -0.395 e. The molecular formula is C10H17N3O2S. The Hall–Kier alpha value is -0.980. The van der Waals surface area contributed by atoms with Gasteiger partial charge in [0.1, 0.15) is 5.69 Å². The summed E-state index contributed by atoms with van der Waals surface area (Å²) >= 11 is 1.45. The fourth-order valence-corrected chi connectivity index (χ4v) is 2.12. The zero-order valence-corrected chi connectivity index (χ0v) is 10.2. The van der Waals surface area contributed by atoms with Crippen molar-refractivity contribution in [2.45, 2.75) is 13.3 Å². The number of nitrogens with zero attached hydrogens (tertiary/aromatic N) is 2. The van der Waals surface area contributed by atoms with E-state index in [4.69, 9.17) is 10.8 Å². The van der Waals surface area contributed by atoms with Crippen molar-refractivity contribution < 1.29 is 9.90 Å². The molecule has 3 N–H and O–H groups in total. The molecule has 5 nitrogen and oxygen atoms in total. The van der Waals surface area contributed by atoms with Gasteiger partial charge in [0.2, 0.25) is 0 Å². The number of aliphatic hydroxyl groups excluding tert-OH is 1. The van der Waals surface area contributed by atoms with Gasteiger partial charge in [-0.1, -0.05) is 0 Å². The Morgan fingerprint density at radius 1 is 1.69 bits per heavy atom. The topological polar surface area (TPSA) is 79.5 Å². The van der Waals surface area contributed by atoms with Crippen molar-refractivity contribution >= 4 is 17.2 Å². The van der Waals surface area contributed by atoms with Gasteiger partial charge in [-0.2, -0.15) is 0 Å². The molecule has 0 aromatic carbocycles. The van der Waals surface area contributed by atoms with E-state index in [9.17, 15) is 4.79 Å². The molecular weight excluding hydrogens is 226 g/mol. The predicted octanol–water partition coefficient (Wildman–Crippen LogP) is 0.0987. The number of nitrogens with two attached hydrogens (primary N) is 1. The van der Waals surface area contributed by atoms with Crippen LogP contribution < -0.4 is 5.73 Å². The summed E-state index contributed by atoms with van der Waals surface area (Å²) < 4.78 is 0. The first-order valence-corrected chi connectivity index (χ1v) is 6.15. The molecule has 90 valence electrons. The number of likely N-dealkylation sites (N-methyl/N-ethyl adjacent to an activating group) is 1. The molecule has 0 aliphatic carbocycles. The molecule has 0 atom stereocenters. The van der Waals surface area contributed by atoms with Gasteiger partial charge in [-0.05, 0) is 13.5 Å². The third-order valence-corrected chi connectivity index (χ3v) is 3.08. The summed E-state index contributed by atoms with van der Waals surface area (Å²) in [6.07, 6.45) is 0.698. The highest BCUT2D eigenvalue weighted by Crippen LogP contribution is 2.12. The van der Waals surface area contributed by atoms with Crippen molar-refractivity contribution in [3.8, 4) is 0 Å². The molecule has 0 radical (unpaired) electrons. The maximum absolute atomic E-state index is 11.9. The smallest absolute Gasteiger partial charge is 0.273 e. The van der Waals surface area contributed by atoms with Gasteiger partial charge in [-0.3, -0.25) is 4.79 Å². The minimum atomic E-state index is -0.129. The van der Waals surface area contributed by atoms with Gasteiger partial charge in [-0.25, -0.2) is 4.98 Å². The van der Waals surface area contributed by atoms with Crippen LogP contribution in [0.1, 0.15) is 22.4 Å². The molecule has 16 heavy (non-hydrogen) atoms. The highest BCUT2D eigenvalue weighted by molar-refractivity contribution is 7.09. The van der Waals surface area contributed by atoms with E-state index in [2.05, 4.69) is 4.98 Å². The number of hydrogen-bond acceptors (Lipinski definition) is 5. The van der Waals surface area contributed by atoms with E-state index in [1.165, 1.54) is 11.3 Å². The average Bonchev–Trinajstić information content (AvgIpc) is 2.74. The van der Waals surface area contributed by atoms with E-state index >= 15 is 0 Å². The van der Waals surface area contributed by atoms with Crippen LogP contribution in [0.2, 0.25) is 0 Å². The van der Waals surface area contributed by atoms with Crippen molar-refractivity contribution in [3.63, 3.8) is 0 Å². The Bertz CT molecular complexity index is 341. The molecule has 1 aromatic heterocycles. The van der Waals surface area contributed by atoms with Crippen LogP contribution in [-0.2, 0) is 6.42 Å². The van der Waals surface area contributed by atoms with Crippen LogP contribution in [0.5, 0.6) is 0 Å². The summed E-state index contributed by atoms with van der Waals surface area (Å²) in [6.45, 7) is 3.30. The number of hydrogen-bond donors (Lipinski definition) is 2. The fourth-order valence-electron chi connectivity index (χ4n) is 1.33. The zero-order chi connectivity index (χ0) is 12.0. The van der Waals surface area contributed by atoms with Crippen molar-refractivity contribution in [1.29, 1.82) is 0 Å². The molecule has 0 unspecified atom stereocenters. The Morgan fingerprint density at radius 2 is 2.44 bits per heavy atom. The molecule has 1 aromatic rings. The van der Waals surface area contributed by atoms with Crippen LogP contribution in [0.15, 0.2) is 5.38 Å². The number of aliphatic hydroxyl groups is 1. The van der Waals surface area contributed by atoms with Crippen molar-refractivity contribution in [1.82, 2.24) is 9.88 Å². The molecule has 0 bridgehead atoms. The average molecular weight is 243 g/mol. The lowest BCUT2D eigenvalue weighted by atomic mass is 10.3. The van der Waals surface area contributed by atoms with Crippen LogP contribution in [0, 0.1) is 0 Å². The second-order valence-electron chi connectivity index (χ2n) is 3.27. The van der Waals surface area contributed by atoms with E-state index < -0.39 is 0 Å². The summed E-state index contributed by atoms with van der Waals surface area (Å²) in [5, 5.41) is 11.4. The highest BCUT2D eigenvalue weighted by Gasteiger charge is 2.16. The first-order valence-electron chi connectivity index (χ1n) is 5.27. The number of aromatic nitrogens is 1. The van der Waals surface area contributed by atoms with E-state index in [0.717, 1.165) is 5.01 Å². The van der Waals surface area contributed by atoms with Crippen molar-refractivity contribution in [2.75, 3.05) is 26.2 Å². The maximum Gasteiger partial charge on any atom is 0.273 e. The summed E-state index contributed by atoms with van der Waals surface area (Å²) in [7, 11) is 0. The highest BCUT2D eigenvalue weighted by atomic mass is 32.1. The maximum atomic E-state index is 11.9. The van der Waals surface area contributed by atoms with Crippen molar-refractivity contribution in [2.24, 2.45) is 5.73 Å². The van der Waals surface area contributed by atoms with Crippen LogP contribution in [0.25, 0.3) is 0 Å². The largest absolute Gasteiger partial charge is 0.395 e. The zero-order valence-electron chi connectivity index (χ0n) is 9.35. The Labute approximate surface area is 98.9 Å². The molecule has 0 fully saturated rings. The molecule has 0 saturated carbocycles. The first kappa shape index (κ1) is 13.1. The van der Waals surface area contributed by atoms with Crippen molar-refractivity contribution in [3.05, 3.63) is 16.1 Å². The SMILES string of the molecule is CCN(CCO)C(=O)c1csc(CCN)n1. The number of thiazole rings is 1. The van der Waals surface area contributed by atoms with Gasteiger partial charge in [-0.15, -0.1) is 11.3 Å². The van der Waals surface area contributed by atoms with Crippen LogP contribution in [-0.4, -0.2) is 47.1 Å². The van der Waals surface area contributed by atoms with E-state index in [1.807, 2.05) is 6.92 Å². The molecule has 0 saturated heterocycles. The molecule has 1 rings (SSSR count). The predicted molar refractivity (Wildman–Crippen MR) is 63.5 cm³/mol. The number of rotatable bonds is 6. The lowest BCUT2D eigenvalue weighted by molar-refractivity contribution is 0.0726. The lowest BCUT2D eigenvalue weighted by Crippen LogP contribution is -2.33. The van der Waals surface area contributed by atoms with E-state index in [-0.39, 0.29) is 12.5 Å². The Kier molecular flexibility index (Phi) is 5.37. The third-order valence-electron chi connectivity index (χ3n) is 2.17. The molecule has 0 spiro atoms. The van der Waals surface area contributed by atoms with Gasteiger partial charge in [0, 0.05) is 24.9 Å². The molecule has 1 heterocycles. The standard InChI is InChI=1S/C10H17N3O2S/c1-2-13(5-6-14)10(15)8-7-16-9(12-8)3-4-11/h7,14H,2-6,11H2,1H3. The van der Waals surface area contributed by atoms with Crippen LogP contribution >= 0.6 is 11.3 Å².